The number of alkyl carbamates (subject to hydrolysis) is 1. The number of allylic oxidation sites excluding steroid dienone is 2. The van der Waals surface area contributed by atoms with Gasteiger partial charge in [0.25, 0.3) is 0 Å². The summed E-state index contributed by atoms with van der Waals surface area (Å²) in [4.78, 5) is 11.9. The Bertz CT molecular complexity index is 752. The van der Waals surface area contributed by atoms with Crippen LogP contribution in [0, 0.1) is 0 Å². The van der Waals surface area contributed by atoms with Gasteiger partial charge < -0.3 is 4.74 Å². The summed E-state index contributed by atoms with van der Waals surface area (Å²) in [5.74, 6) is 0. The first kappa shape index (κ1) is 15.9. The maximum Gasteiger partial charge on any atom is 0.411 e. The third kappa shape index (κ3) is 4.04. The van der Waals surface area contributed by atoms with Gasteiger partial charge >= 0.3 is 6.09 Å². The van der Waals surface area contributed by atoms with E-state index in [1.54, 1.807) is 0 Å². The van der Waals surface area contributed by atoms with E-state index < -0.39 is 6.09 Å². The molecule has 1 aliphatic heterocycles. The van der Waals surface area contributed by atoms with Crippen LogP contribution in [0.1, 0.15) is 18.1 Å². The molecule has 2 aromatic rings. The van der Waals surface area contributed by atoms with Gasteiger partial charge in [-0.1, -0.05) is 60.7 Å². The van der Waals surface area contributed by atoms with E-state index in [0.717, 1.165) is 22.5 Å². The standard InChI is InChI=1S/C20H19N2O2/c1-15-18(12-13-19(21-15)17-10-6-3-7-11-17)22-20(23)24-14-16-8-4-2-5-9-16/h2-13,15H,14H2,1H3,(H,22,23). The van der Waals surface area contributed by atoms with E-state index in [1.165, 1.54) is 0 Å². The smallest absolute Gasteiger partial charge is 0.411 e. The highest BCUT2D eigenvalue weighted by Gasteiger charge is 2.19. The number of nitrogens with one attached hydrogen (secondary N) is 1. The molecule has 0 aromatic heterocycles. The molecular formula is C20H19N2O2. The minimum absolute atomic E-state index is 0.130. The van der Waals surface area contributed by atoms with E-state index in [9.17, 15) is 4.79 Å². The van der Waals surface area contributed by atoms with Crippen LogP contribution in [0.15, 0.2) is 78.5 Å². The molecule has 0 aliphatic carbocycles. The van der Waals surface area contributed by atoms with Crippen molar-refractivity contribution in [3.8, 4) is 0 Å². The summed E-state index contributed by atoms with van der Waals surface area (Å²) in [6.07, 6.45) is 3.31. The molecule has 0 saturated heterocycles. The summed E-state index contributed by atoms with van der Waals surface area (Å²) >= 11 is 0. The van der Waals surface area contributed by atoms with Crippen molar-refractivity contribution in [2.24, 2.45) is 0 Å². The number of hydrogen-bond acceptors (Lipinski definition) is 2. The fourth-order valence-electron chi connectivity index (χ4n) is 2.43. The largest absolute Gasteiger partial charge is 0.444 e. The van der Waals surface area contributed by atoms with Gasteiger partial charge in [0.15, 0.2) is 0 Å². The molecule has 24 heavy (non-hydrogen) atoms. The van der Waals surface area contributed by atoms with Crippen LogP contribution in [0.4, 0.5) is 4.79 Å². The first-order chi connectivity index (χ1) is 11.7. The van der Waals surface area contributed by atoms with Crippen molar-refractivity contribution >= 4 is 11.8 Å². The lowest BCUT2D eigenvalue weighted by Crippen LogP contribution is -2.34. The van der Waals surface area contributed by atoms with E-state index in [1.807, 2.05) is 79.7 Å². The monoisotopic (exact) mass is 319 g/mol. The molecule has 0 spiro atoms. The molecule has 3 rings (SSSR count). The third-order valence-corrected chi connectivity index (χ3v) is 3.73. The Balaban J connectivity index is 1.59. The molecule has 1 N–H and O–H groups in total. The lowest BCUT2D eigenvalue weighted by molar-refractivity contribution is 0.142. The number of carbonyl (C=O) groups excluding carboxylic acids is 1. The van der Waals surface area contributed by atoms with Crippen LogP contribution in [-0.2, 0) is 11.3 Å². The van der Waals surface area contributed by atoms with Gasteiger partial charge in [0.05, 0.1) is 11.7 Å². The number of nitrogens with zero attached hydrogens (tertiary/aromatic N) is 1. The number of benzene rings is 2. The van der Waals surface area contributed by atoms with Crippen LogP contribution in [0.3, 0.4) is 0 Å². The molecule has 1 unspecified atom stereocenters. The van der Waals surface area contributed by atoms with Crippen molar-refractivity contribution in [3.05, 3.63) is 89.6 Å². The van der Waals surface area contributed by atoms with Gasteiger partial charge in [-0.05, 0) is 30.2 Å². The SMILES string of the molecule is CC1[N]C(c2ccccc2)=CC=C1NC(=O)OCc1ccccc1. The highest BCUT2D eigenvalue weighted by atomic mass is 16.5. The second-order valence-corrected chi connectivity index (χ2v) is 5.53. The number of rotatable bonds is 4. The molecule has 1 atom stereocenters. The molecule has 1 radical (unpaired) electrons. The Kier molecular flexibility index (Phi) is 4.96. The van der Waals surface area contributed by atoms with Gasteiger partial charge in [-0.15, -0.1) is 0 Å². The van der Waals surface area contributed by atoms with Gasteiger partial charge in [-0.2, -0.15) is 0 Å². The van der Waals surface area contributed by atoms with E-state index in [0.29, 0.717) is 0 Å². The average molecular weight is 319 g/mol. The van der Waals surface area contributed by atoms with Crippen molar-refractivity contribution in [2.45, 2.75) is 19.6 Å². The summed E-state index contributed by atoms with van der Waals surface area (Å²) in [6.45, 7) is 2.19. The molecule has 1 aliphatic rings. The van der Waals surface area contributed by atoms with Gasteiger partial charge in [-0.3, -0.25) is 10.6 Å². The fraction of sp³-hybridized carbons (Fsp3) is 0.150. The van der Waals surface area contributed by atoms with Crippen LogP contribution in [0.5, 0.6) is 0 Å². The van der Waals surface area contributed by atoms with Crippen LogP contribution in [0.2, 0.25) is 0 Å². The van der Waals surface area contributed by atoms with Crippen LogP contribution in [-0.4, -0.2) is 12.1 Å². The summed E-state index contributed by atoms with van der Waals surface area (Å²) < 4.78 is 5.24. The van der Waals surface area contributed by atoms with Gasteiger partial charge in [0.1, 0.15) is 6.61 Å². The summed E-state index contributed by atoms with van der Waals surface area (Å²) in [7, 11) is 0. The minimum Gasteiger partial charge on any atom is -0.444 e. The maximum atomic E-state index is 11.9. The lowest BCUT2D eigenvalue weighted by atomic mass is 10.1. The van der Waals surface area contributed by atoms with Crippen molar-refractivity contribution in [2.75, 3.05) is 0 Å². The van der Waals surface area contributed by atoms with Crippen LogP contribution in [0.25, 0.3) is 5.70 Å². The van der Waals surface area contributed by atoms with Crippen LogP contribution >= 0.6 is 0 Å². The van der Waals surface area contributed by atoms with E-state index >= 15 is 0 Å². The Morgan fingerprint density at radius 3 is 2.38 bits per heavy atom. The lowest BCUT2D eigenvalue weighted by Gasteiger charge is -2.22. The number of amides is 1. The first-order valence-electron chi connectivity index (χ1n) is 7.88. The first-order valence-corrected chi connectivity index (χ1v) is 7.88. The molecule has 121 valence electrons. The van der Waals surface area contributed by atoms with Crippen molar-refractivity contribution in [1.82, 2.24) is 10.6 Å². The molecule has 4 nitrogen and oxygen atoms in total. The van der Waals surface area contributed by atoms with Gasteiger partial charge in [-0.25, -0.2) is 4.79 Å². The maximum absolute atomic E-state index is 11.9. The molecule has 1 heterocycles. The second-order valence-electron chi connectivity index (χ2n) is 5.53. The Hall–Kier alpha value is -3.01. The zero-order valence-electron chi connectivity index (χ0n) is 13.5. The summed E-state index contributed by atoms with van der Waals surface area (Å²) in [5.41, 5.74) is 3.65. The predicted molar refractivity (Wildman–Crippen MR) is 93.9 cm³/mol. The highest BCUT2D eigenvalue weighted by molar-refractivity contribution is 5.72. The van der Waals surface area contributed by atoms with Crippen LogP contribution < -0.4 is 10.6 Å². The number of carbonyl (C=O) groups is 1. The zero-order chi connectivity index (χ0) is 16.8. The third-order valence-electron chi connectivity index (χ3n) is 3.73. The molecular weight excluding hydrogens is 300 g/mol. The molecule has 0 saturated carbocycles. The highest BCUT2D eigenvalue weighted by Crippen LogP contribution is 2.19. The quantitative estimate of drug-likeness (QED) is 0.931. The second kappa shape index (κ2) is 7.51. The van der Waals surface area contributed by atoms with E-state index in [2.05, 4.69) is 10.6 Å². The molecule has 4 heteroatoms. The molecule has 2 aromatic carbocycles. The minimum atomic E-state index is -0.469. The van der Waals surface area contributed by atoms with E-state index in [-0.39, 0.29) is 12.6 Å². The fourth-order valence-corrected chi connectivity index (χ4v) is 2.43. The topological polar surface area (TPSA) is 52.4 Å². The Labute approximate surface area is 141 Å². The zero-order valence-corrected chi connectivity index (χ0v) is 13.5. The Morgan fingerprint density at radius 2 is 1.71 bits per heavy atom. The normalized spacial score (nSPS) is 16.5. The van der Waals surface area contributed by atoms with Crippen molar-refractivity contribution < 1.29 is 9.53 Å². The number of ether oxygens (including phenoxy) is 1. The van der Waals surface area contributed by atoms with Crippen molar-refractivity contribution in [1.29, 1.82) is 0 Å². The summed E-state index contributed by atoms with van der Waals surface area (Å²) in [6, 6.07) is 19.4. The van der Waals surface area contributed by atoms with Crippen molar-refractivity contribution in [3.63, 3.8) is 0 Å². The Morgan fingerprint density at radius 1 is 1.04 bits per heavy atom. The number of hydrogen-bond donors (Lipinski definition) is 1. The molecule has 1 amide bonds. The molecule has 0 fully saturated rings. The van der Waals surface area contributed by atoms with Gasteiger partial charge in [0, 0.05) is 5.70 Å². The summed E-state index contributed by atoms with van der Waals surface area (Å²) in [5, 5.41) is 7.40. The van der Waals surface area contributed by atoms with E-state index in [4.69, 9.17) is 4.74 Å². The molecule has 0 bridgehead atoms. The predicted octanol–water partition coefficient (Wildman–Crippen LogP) is 3.84. The average Bonchev–Trinajstić information content (AvgIpc) is 2.63. The van der Waals surface area contributed by atoms with Gasteiger partial charge in [0.2, 0.25) is 0 Å².